The minimum atomic E-state index is 0.577. The van der Waals surface area contributed by atoms with Crippen LogP contribution in [0.1, 0.15) is 22.3 Å². The molecule has 0 aliphatic carbocycles. The number of anilines is 1. The van der Waals surface area contributed by atoms with Crippen molar-refractivity contribution in [2.24, 2.45) is 0 Å². The third-order valence-corrected chi connectivity index (χ3v) is 3.97. The number of aldehydes is 1. The molecule has 0 saturated carbocycles. The quantitative estimate of drug-likeness (QED) is 0.879. The molecule has 0 radical (unpaired) electrons. The van der Waals surface area contributed by atoms with Gasteiger partial charge >= 0.3 is 0 Å². The van der Waals surface area contributed by atoms with E-state index in [0.29, 0.717) is 22.8 Å². The van der Waals surface area contributed by atoms with Gasteiger partial charge in [0.2, 0.25) is 0 Å². The maximum absolute atomic E-state index is 11.6. The van der Waals surface area contributed by atoms with E-state index in [-0.39, 0.29) is 0 Å². The average molecular weight is 301 g/mol. The molecular formula is C16H19N3O3. The fraction of sp³-hybridized carbons (Fsp3) is 0.375. The maximum atomic E-state index is 11.6. The number of ether oxygens (including phenoxy) is 2. The Balaban J connectivity index is 2.19. The molecule has 1 N–H and O–H groups in total. The number of carbonyl (C=O) groups excluding carboxylic acids is 1. The molecular weight excluding hydrogens is 282 g/mol. The third-order valence-electron chi connectivity index (χ3n) is 3.97. The molecule has 6 nitrogen and oxygen atoms in total. The first kappa shape index (κ1) is 14.4. The van der Waals surface area contributed by atoms with E-state index >= 15 is 0 Å². The molecule has 0 bridgehead atoms. The Morgan fingerprint density at radius 2 is 1.95 bits per heavy atom. The standard InChI is InChI=1S/C16H19N3O3/c1-10-13(21-2)7-11(8-14(10)22-3)15-12(9-20)16-17-5-4-6-19(16)18-15/h7-9,17H,4-6H2,1-3H3. The summed E-state index contributed by atoms with van der Waals surface area (Å²) in [6.45, 7) is 3.59. The molecule has 0 unspecified atom stereocenters. The summed E-state index contributed by atoms with van der Waals surface area (Å²) in [4.78, 5) is 11.6. The summed E-state index contributed by atoms with van der Waals surface area (Å²) in [6, 6.07) is 3.78. The van der Waals surface area contributed by atoms with E-state index in [1.54, 1.807) is 14.2 Å². The van der Waals surface area contributed by atoms with Crippen LogP contribution in [0.15, 0.2) is 12.1 Å². The van der Waals surface area contributed by atoms with Gasteiger partial charge in [-0.25, -0.2) is 4.68 Å². The summed E-state index contributed by atoms with van der Waals surface area (Å²) >= 11 is 0. The molecule has 0 atom stereocenters. The SMILES string of the molecule is COc1cc(-c2nn3c(c2C=O)NCCC3)cc(OC)c1C. The van der Waals surface area contributed by atoms with Gasteiger partial charge in [0.15, 0.2) is 6.29 Å². The van der Waals surface area contributed by atoms with Crippen molar-refractivity contribution in [3.63, 3.8) is 0 Å². The second kappa shape index (κ2) is 5.71. The van der Waals surface area contributed by atoms with E-state index < -0.39 is 0 Å². The third kappa shape index (κ3) is 2.20. The highest BCUT2D eigenvalue weighted by Gasteiger charge is 2.22. The summed E-state index contributed by atoms with van der Waals surface area (Å²) < 4.78 is 12.7. The normalized spacial score (nSPS) is 13.2. The van der Waals surface area contributed by atoms with Gasteiger partial charge in [0.05, 0.1) is 19.8 Å². The van der Waals surface area contributed by atoms with Gasteiger partial charge in [-0.15, -0.1) is 0 Å². The van der Waals surface area contributed by atoms with E-state index in [2.05, 4.69) is 10.4 Å². The van der Waals surface area contributed by atoms with Gasteiger partial charge in [-0.3, -0.25) is 4.79 Å². The van der Waals surface area contributed by atoms with Gasteiger partial charge in [-0.05, 0) is 25.5 Å². The van der Waals surface area contributed by atoms with Crippen molar-refractivity contribution in [3.05, 3.63) is 23.3 Å². The monoisotopic (exact) mass is 301 g/mol. The van der Waals surface area contributed by atoms with Crippen molar-refractivity contribution < 1.29 is 14.3 Å². The number of nitrogens with zero attached hydrogens (tertiary/aromatic N) is 2. The van der Waals surface area contributed by atoms with Crippen LogP contribution in [0.3, 0.4) is 0 Å². The maximum Gasteiger partial charge on any atom is 0.156 e. The summed E-state index contributed by atoms with van der Waals surface area (Å²) in [5.74, 6) is 2.21. The van der Waals surface area contributed by atoms with Crippen LogP contribution in [-0.4, -0.2) is 36.8 Å². The van der Waals surface area contributed by atoms with E-state index in [1.165, 1.54) is 0 Å². The Kier molecular flexibility index (Phi) is 3.75. The Bertz CT molecular complexity index is 697. The minimum Gasteiger partial charge on any atom is -0.496 e. The number of hydrogen-bond acceptors (Lipinski definition) is 5. The highest BCUT2D eigenvalue weighted by atomic mass is 16.5. The molecule has 2 heterocycles. The van der Waals surface area contributed by atoms with Crippen LogP contribution in [0, 0.1) is 6.92 Å². The fourth-order valence-corrected chi connectivity index (χ4v) is 2.81. The second-order valence-electron chi connectivity index (χ2n) is 5.24. The van der Waals surface area contributed by atoms with Gasteiger partial charge in [0.1, 0.15) is 23.0 Å². The van der Waals surface area contributed by atoms with E-state index in [0.717, 1.165) is 42.7 Å². The first-order valence-corrected chi connectivity index (χ1v) is 7.22. The van der Waals surface area contributed by atoms with Gasteiger partial charge in [-0.1, -0.05) is 0 Å². The van der Waals surface area contributed by atoms with Crippen LogP contribution in [0.5, 0.6) is 11.5 Å². The van der Waals surface area contributed by atoms with Gasteiger partial charge in [0, 0.05) is 24.2 Å². The fourth-order valence-electron chi connectivity index (χ4n) is 2.81. The van der Waals surface area contributed by atoms with Crippen molar-refractivity contribution in [1.82, 2.24) is 9.78 Å². The number of methoxy groups -OCH3 is 2. The lowest BCUT2D eigenvalue weighted by atomic mass is 10.0. The Morgan fingerprint density at radius 3 is 2.55 bits per heavy atom. The molecule has 0 amide bonds. The van der Waals surface area contributed by atoms with Crippen LogP contribution < -0.4 is 14.8 Å². The number of benzene rings is 1. The number of aromatic nitrogens is 2. The number of nitrogens with one attached hydrogen (secondary N) is 1. The average Bonchev–Trinajstić information content (AvgIpc) is 2.93. The van der Waals surface area contributed by atoms with Crippen molar-refractivity contribution >= 4 is 12.1 Å². The first-order valence-electron chi connectivity index (χ1n) is 7.22. The van der Waals surface area contributed by atoms with Crippen LogP contribution in [0.2, 0.25) is 0 Å². The van der Waals surface area contributed by atoms with Gasteiger partial charge in [-0.2, -0.15) is 5.10 Å². The molecule has 1 aromatic heterocycles. The van der Waals surface area contributed by atoms with Crippen molar-refractivity contribution in [2.45, 2.75) is 19.9 Å². The summed E-state index contributed by atoms with van der Waals surface area (Å²) in [7, 11) is 3.23. The Labute approximate surface area is 129 Å². The molecule has 0 saturated heterocycles. The number of hydrogen-bond donors (Lipinski definition) is 1. The zero-order chi connectivity index (χ0) is 15.7. The number of fused-ring (bicyclic) bond motifs is 1. The van der Waals surface area contributed by atoms with Crippen molar-refractivity contribution in [1.29, 1.82) is 0 Å². The van der Waals surface area contributed by atoms with Crippen LogP contribution in [-0.2, 0) is 6.54 Å². The molecule has 0 spiro atoms. The highest BCUT2D eigenvalue weighted by Crippen LogP contribution is 2.36. The Morgan fingerprint density at radius 1 is 1.27 bits per heavy atom. The molecule has 2 aromatic rings. The largest absolute Gasteiger partial charge is 0.496 e. The molecule has 116 valence electrons. The first-order chi connectivity index (χ1) is 10.7. The lowest BCUT2D eigenvalue weighted by molar-refractivity contribution is 0.112. The van der Waals surface area contributed by atoms with E-state index in [4.69, 9.17) is 9.47 Å². The Hall–Kier alpha value is -2.50. The summed E-state index contributed by atoms with van der Waals surface area (Å²) in [5.41, 5.74) is 2.96. The lowest BCUT2D eigenvalue weighted by Crippen LogP contribution is -2.18. The van der Waals surface area contributed by atoms with Gasteiger partial charge in [0.25, 0.3) is 0 Å². The summed E-state index contributed by atoms with van der Waals surface area (Å²) in [6.07, 6.45) is 1.85. The lowest BCUT2D eigenvalue weighted by Gasteiger charge is -2.15. The van der Waals surface area contributed by atoms with Crippen molar-refractivity contribution in [3.8, 4) is 22.8 Å². The topological polar surface area (TPSA) is 65.4 Å². The predicted octanol–water partition coefficient (Wildman–Crippen LogP) is 2.50. The molecule has 0 fully saturated rings. The molecule has 1 aliphatic rings. The highest BCUT2D eigenvalue weighted by molar-refractivity contribution is 5.93. The van der Waals surface area contributed by atoms with Gasteiger partial charge < -0.3 is 14.8 Å². The van der Waals surface area contributed by atoms with Crippen molar-refractivity contribution in [2.75, 3.05) is 26.1 Å². The molecule has 1 aliphatic heterocycles. The minimum absolute atomic E-state index is 0.577. The van der Waals surface area contributed by atoms with E-state index in [1.807, 2.05) is 23.7 Å². The van der Waals surface area contributed by atoms with E-state index in [9.17, 15) is 4.79 Å². The zero-order valence-electron chi connectivity index (χ0n) is 13.0. The van der Waals surface area contributed by atoms with Crippen LogP contribution >= 0.6 is 0 Å². The number of aryl methyl sites for hydroxylation is 1. The zero-order valence-corrected chi connectivity index (χ0v) is 13.0. The molecule has 6 heteroatoms. The predicted molar refractivity (Wildman–Crippen MR) is 84.0 cm³/mol. The van der Waals surface area contributed by atoms with Crippen LogP contribution in [0.25, 0.3) is 11.3 Å². The molecule has 1 aromatic carbocycles. The summed E-state index contributed by atoms with van der Waals surface area (Å²) in [5, 5.41) is 7.83. The molecule has 22 heavy (non-hydrogen) atoms. The smallest absolute Gasteiger partial charge is 0.156 e. The number of rotatable bonds is 4. The second-order valence-corrected chi connectivity index (χ2v) is 5.24. The van der Waals surface area contributed by atoms with Crippen LogP contribution in [0.4, 0.5) is 5.82 Å². The molecule has 3 rings (SSSR count). The number of carbonyl (C=O) groups is 1.